The number of hydrogen-bond acceptors (Lipinski definition) is 4. The van der Waals surface area contributed by atoms with Crippen molar-refractivity contribution in [2.45, 2.75) is 6.92 Å². The Hall–Kier alpha value is -1.17. The van der Waals surface area contributed by atoms with E-state index >= 15 is 0 Å². The molecule has 2 aromatic carbocycles. The Kier molecular flexibility index (Phi) is 11.7. The zero-order valence-corrected chi connectivity index (χ0v) is 18.6. The molecular weight excluding hydrogens is 419 g/mol. The van der Waals surface area contributed by atoms with Gasteiger partial charge in [0, 0.05) is 39.3 Å². The third-order valence-corrected chi connectivity index (χ3v) is 4.95. The monoisotopic (exact) mass is 446 g/mol. The van der Waals surface area contributed by atoms with E-state index in [1.54, 1.807) is 0 Å². The molecule has 0 aliphatic carbocycles. The minimum atomic E-state index is 0. The maximum absolute atomic E-state index is 6.17. The molecule has 1 saturated heterocycles. The summed E-state index contributed by atoms with van der Waals surface area (Å²) in [6.07, 6.45) is 0. The highest BCUT2D eigenvalue weighted by Gasteiger charge is 2.16. The molecule has 0 N–H and O–H groups in total. The fourth-order valence-electron chi connectivity index (χ4n) is 3.05. The molecule has 156 valence electrons. The zero-order valence-electron chi connectivity index (χ0n) is 16.2. The van der Waals surface area contributed by atoms with E-state index < -0.39 is 0 Å². The van der Waals surface area contributed by atoms with E-state index in [2.05, 4.69) is 9.80 Å². The van der Waals surface area contributed by atoms with Gasteiger partial charge in [-0.1, -0.05) is 35.9 Å². The maximum atomic E-state index is 6.17. The van der Waals surface area contributed by atoms with Crippen LogP contribution < -0.4 is 9.47 Å². The third-order valence-electron chi connectivity index (χ3n) is 4.64. The summed E-state index contributed by atoms with van der Waals surface area (Å²) in [6, 6.07) is 15.9. The number of aryl methyl sites for hydroxylation is 1. The lowest BCUT2D eigenvalue weighted by molar-refractivity contribution is 0.105. The van der Waals surface area contributed by atoms with Gasteiger partial charge in [0.05, 0.1) is 5.02 Å². The van der Waals surface area contributed by atoms with Crippen LogP contribution in [0.1, 0.15) is 5.56 Å². The van der Waals surface area contributed by atoms with E-state index in [0.29, 0.717) is 11.6 Å². The Morgan fingerprint density at radius 1 is 0.821 bits per heavy atom. The summed E-state index contributed by atoms with van der Waals surface area (Å²) in [7, 11) is 0. The van der Waals surface area contributed by atoms with Crippen LogP contribution in [-0.2, 0) is 0 Å². The van der Waals surface area contributed by atoms with E-state index in [1.165, 1.54) is 0 Å². The fourth-order valence-corrected chi connectivity index (χ4v) is 3.22. The Bertz CT molecular complexity index is 681. The van der Waals surface area contributed by atoms with E-state index in [-0.39, 0.29) is 24.8 Å². The molecule has 0 aromatic heterocycles. The second-order valence-electron chi connectivity index (χ2n) is 6.63. The van der Waals surface area contributed by atoms with Crippen molar-refractivity contribution in [3.63, 3.8) is 0 Å². The molecular formula is C21H29Cl3N2O2. The zero-order chi connectivity index (χ0) is 18.2. The van der Waals surface area contributed by atoms with Crippen LogP contribution in [0.2, 0.25) is 5.02 Å². The number of nitrogens with zero attached hydrogens (tertiary/aromatic N) is 2. The highest BCUT2D eigenvalue weighted by Crippen LogP contribution is 2.25. The van der Waals surface area contributed by atoms with Crippen molar-refractivity contribution in [2.75, 3.05) is 52.5 Å². The van der Waals surface area contributed by atoms with Crippen molar-refractivity contribution >= 4 is 36.4 Å². The first-order valence-electron chi connectivity index (χ1n) is 9.22. The first kappa shape index (κ1) is 24.9. The van der Waals surface area contributed by atoms with Gasteiger partial charge in [-0.2, -0.15) is 0 Å². The predicted octanol–water partition coefficient (Wildman–Crippen LogP) is 4.57. The molecule has 3 rings (SSSR count). The van der Waals surface area contributed by atoms with Gasteiger partial charge in [0.15, 0.2) is 0 Å². The van der Waals surface area contributed by atoms with Gasteiger partial charge in [-0.05, 0) is 36.8 Å². The topological polar surface area (TPSA) is 24.9 Å². The molecule has 2 aromatic rings. The summed E-state index contributed by atoms with van der Waals surface area (Å²) in [5, 5.41) is 0.679. The Balaban J connectivity index is 0.00000196. The van der Waals surface area contributed by atoms with Crippen LogP contribution in [0.15, 0.2) is 48.5 Å². The lowest BCUT2D eigenvalue weighted by Crippen LogP contribution is -2.48. The number of ether oxygens (including phenoxy) is 2. The van der Waals surface area contributed by atoms with Crippen molar-refractivity contribution in [2.24, 2.45) is 0 Å². The second kappa shape index (κ2) is 13.1. The van der Waals surface area contributed by atoms with Gasteiger partial charge in [0.25, 0.3) is 0 Å². The van der Waals surface area contributed by atoms with Crippen LogP contribution in [-0.4, -0.2) is 62.3 Å². The second-order valence-corrected chi connectivity index (χ2v) is 7.03. The van der Waals surface area contributed by atoms with Crippen molar-refractivity contribution in [3.05, 3.63) is 59.1 Å². The smallest absolute Gasteiger partial charge is 0.138 e. The van der Waals surface area contributed by atoms with Crippen LogP contribution >= 0.6 is 36.4 Å². The largest absolute Gasteiger partial charge is 0.492 e. The summed E-state index contributed by atoms with van der Waals surface area (Å²) in [5.41, 5.74) is 1.16. The molecule has 0 saturated carbocycles. The van der Waals surface area contributed by atoms with Gasteiger partial charge in [-0.3, -0.25) is 9.80 Å². The lowest BCUT2D eigenvalue weighted by atomic mass is 10.2. The average Bonchev–Trinajstić information content (AvgIpc) is 2.67. The summed E-state index contributed by atoms with van der Waals surface area (Å²) < 4.78 is 11.6. The van der Waals surface area contributed by atoms with Crippen LogP contribution in [0, 0.1) is 6.92 Å². The average molecular weight is 448 g/mol. The highest BCUT2D eigenvalue weighted by atomic mass is 35.5. The van der Waals surface area contributed by atoms with Gasteiger partial charge >= 0.3 is 0 Å². The number of benzene rings is 2. The van der Waals surface area contributed by atoms with Crippen LogP contribution in [0.4, 0.5) is 0 Å². The van der Waals surface area contributed by atoms with Crippen molar-refractivity contribution in [1.29, 1.82) is 0 Å². The van der Waals surface area contributed by atoms with E-state index in [4.69, 9.17) is 21.1 Å². The van der Waals surface area contributed by atoms with Gasteiger partial charge in [-0.25, -0.2) is 0 Å². The minimum Gasteiger partial charge on any atom is -0.492 e. The molecule has 0 bridgehead atoms. The fraction of sp³-hybridized carbons (Fsp3) is 0.429. The summed E-state index contributed by atoms with van der Waals surface area (Å²) >= 11 is 6.17. The quantitative estimate of drug-likeness (QED) is 0.592. The number of rotatable bonds is 8. The van der Waals surface area contributed by atoms with E-state index in [0.717, 1.165) is 62.9 Å². The van der Waals surface area contributed by atoms with Crippen LogP contribution in [0.25, 0.3) is 0 Å². The molecule has 0 amide bonds. The molecule has 0 radical (unpaired) electrons. The summed E-state index contributed by atoms with van der Waals surface area (Å²) in [4.78, 5) is 4.90. The molecule has 7 heteroatoms. The van der Waals surface area contributed by atoms with Crippen molar-refractivity contribution < 1.29 is 9.47 Å². The Morgan fingerprint density at radius 3 is 2.00 bits per heavy atom. The number of halogens is 3. The number of hydrogen-bond donors (Lipinski definition) is 0. The third kappa shape index (κ3) is 8.06. The van der Waals surface area contributed by atoms with Crippen LogP contribution in [0.5, 0.6) is 11.5 Å². The lowest BCUT2D eigenvalue weighted by Gasteiger charge is -2.34. The Morgan fingerprint density at radius 2 is 1.39 bits per heavy atom. The highest BCUT2D eigenvalue weighted by molar-refractivity contribution is 6.32. The van der Waals surface area contributed by atoms with E-state index in [1.807, 2.05) is 55.5 Å². The van der Waals surface area contributed by atoms with E-state index in [9.17, 15) is 0 Å². The molecule has 0 atom stereocenters. The molecule has 0 spiro atoms. The molecule has 1 fully saturated rings. The number of piperazine rings is 1. The van der Waals surface area contributed by atoms with Gasteiger partial charge < -0.3 is 9.47 Å². The summed E-state index contributed by atoms with van der Waals surface area (Å²) in [6.45, 7) is 9.62. The van der Waals surface area contributed by atoms with Gasteiger partial charge in [0.2, 0.25) is 0 Å². The molecule has 1 aliphatic rings. The van der Waals surface area contributed by atoms with Crippen LogP contribution in [0.3, 0.4) is 0 Å². The molecule has 28 heavy (non-hydrogen) atoms. The molecule has 0 unspecified atom stereocenters. The van der Waals surface area contributed by atoms with Crippen molar-refractivity contribution in [3.8, 4) is 11.5 Å². The SMILES string of the molecule is Cc1ccc(Cl)c(OCCN2CCN(CCOc3ccccc3)CC2)c1.Cl.Cl. The number of para-hydroxylation sites is 1. The molecule has 1 aliphatic heterocycles. The Labute approximate surface area is 185 Å². The maximum Gasteiger partial charge on any atom is 0.138 e. The molecule has 1 heterocycles. The minimum absolute atomic E-state index is 0. The van der Waals surface area contributed by atoms with Gasteiger partial charge in [-0.15, -0.1) is 24.8 Å². The first-order chi connectivity index (χ1) is 12.7. The van der Waals surface area contributed by atoms with Crippen molar-refractivity contribution in [1.82, 2.24) is 9.80 Å². The predicted molar refractivity (Wildman–Crippen MR) is 121 cm³/mol. The van der Waals surface area contributed by atoms with Gasteiger partial charge in [0.1, 0.15) is 24.7 Å². The molecule has 4 nitrogen and oxygen atoms in total. The standard InChI is InChI=1S/C21H27ClN2O2.2ClH/c1-18-7-8-20(22)21(17-18)26-16-14-24-11-9-23(10-12-24)13-15-25-19-5-3-2-4-6-19;;/h2-8,17H,9-16H2,1H3;2*1H. The normalized spacial score (nSPS) is 14.6. The first-order valence-corrected chi connectivity index (χ1v) is 9.60. The summed E-state index contributed by atoms with van der Waals surface area (Å²) in [5.74, 6) is 1.72.